The van der Waals surface area contributed by atoms with E-state index in [0.29, 0.717) is 18.8 Å². The third-order valence-corrected chi connectivity index (χ3v) is 2.45. The molecular formula is C13H15FN2O2. The van der Waals surface area contributed by atoms with E-state index in [1.807, 2.05) is 0 Å². The Morgan fingerprint density at radius 2 is 1.94 bits per heavy atom. The van der Waals surface area contributed by atoms with Crippen molar-refractivity contribution in [3.05, 3.63) is 53.7 Å². The molecule has 1 aromatic carbocycles. The van der Waals surface area contributed by atoms with Gasteiger partial charge in [-0.3, -0.25) is 0 Å². The lowest BCUT2D eigenvalue weighted by atomic mass is 10.1. The minimum absolute atomic E-state index is 0.0468. The van der Waals surface area contributed by atoms with Gasteiger partial charge < -0.3 is 10.0 Å². The molecule has 0 bridgehead atoms. The van der Waals surface area contributed by atoms with E-state index in [9.17, 15) is 9.30 Å². The van der Waals surface area contributed by atoms with Crippen LogP contribution in [0.25, 0.3) is 0 Å². The summed E-state index contributed by atoms with van der Waals surface area (Å²) in [5, 5.41) is 11.8. The maximum atomic E-state index is 13.6. The van der Waals surface area contributed by atoms with Crippen LogP contribution < -0.4 is 4.90 Å². The fraction of sp³-hybridized carbons (Fsp3) is 0.231. The van der Waals surface area contributed by atoms with Crippen molar-refractivity contribution < 1.29 is 9.50 Å². The van der Waals surface area contributed by atoms with Gasteiger partial charge in [-0.2, -0.15) is 0 Å². The van der Waals surface area contributed by atoms with E-state index in [0.717, 1.165) is 0 Å². The Hall–Kier alpha value is -2.01. The summed E-state index contributed by atoms with van der Waals surface area (Å²) in [6.45, 7) is 7.60. The van der Waals surface area contributed by atoms with Gasteiger partial charge in [-0.1, -0.05) is 12.2 Å². The van der Waals surface area contributed by atoms with Crippen molar-refractivity contribution in [1.29, 1.82) is 0 Å². The van der Waals surface area contributed by atoms with Crippen LogP contribution in [0.3, 0.4) is 0 Å². The third-order valence-electron chi connectivity index (χ3n) is 2.45. The van der Waals surface area contributed by atoms with Crippen LogP contribution in [-0.4, -0.2) is 18.2 Å². The van der Waals surface area contributed by atoms with Crippen molar-refractivity contribution in [2.24, 2.45) is 5.18 Å². The normalized spacial score (nSPS) is 9.89. The molecule has 0 spiro atoms. The second-order valence-corrected chi connectivity index (χ2v) is 3.66. The maximum absolute atomic E-state index is 13.6. The van der Waals surface area contributed by atoms with Gasteiger partial charge in [-0.25, -0.2) is 4.39 Å². The van der Waals surface area contributed by atoms with E-state index in [4.69, 9.17) is 5.11 Å². The van der Waals surface area contributed by atoms with Gasteiger partial charge in [-0.05, 0) is 17.3 Å². The maximum Gasteiger partial charge on any atom is 0.131 e. The molecule has 1 rings (SSSR count). The Balaban J connectivity index is 3.26. The van der Waals surface area contributed by atoms with Crippen molar-refractivity contribution in [2.75, 3.05) is 18.0 Å². The average molecular weight is 250 g/mol. The van der Waals surface area contributed by atoms with Gasteiger partial charge in [0.1, 0.15) is 11.5 Å². The molecule has 0 aliphatic rings. The fourth-order valence-corrected chi connectivity index (χ4v) is 1.63. The van der Waals surface area contributed by atoms with Gasteiger partial charge in [0.05, 0.1) is 12.3 Å². The number of halogens is 1. The summed E-state index contributed by atoms with van der Waals surface area (Å²) in [7, 11) is 0. The molecule has 0 fully saturated rings. The first kappa shape index (κ1) is 14.1. The molecule has 0 aliphatic carbocycles. The van der Waals surface area contributed by atoms with Crippen LogP contribution in [0.2, 0.25) is 0 Å². The fourth-order valence-electron chi connectivity index (χ4n) is 1.63. The highest BCUT2D eigenvalue weighted by Crippen LogP contribution is 2.31. The summed E-state index contributed by atoms with van der Waals surface area (Å²) in [4.78, 5) is 12.5. The molecule has 0 saturated heterocycles. The first-order valence-corrected chi connectivity index (χ1v) is 5.41. The van der Waals surface area contributed by atoms with Gasteiger partial charge in [0, 0.05) is 18.7 Å². The summed E-state index contributed by atoms with van der Waals surface area (Å²) in [6, 6.07) is 2.44. The molecule has 18 heavy (non-hydrogen) atoms. The topological polar surface area (TPSA) is 52.9 Å². The van der Waals surface area contributed by atoms with Crippen LogP contribution in [0.5, 0.6) is 0 Å². The molecular weight excluding hydrogens is 235 g/mol. The van der Waals surface area contributed by atoms with Crippen LogP contribution in [0, 0.1) is 10.7 Å². The van der Waals surface area contributed by atoms with Crippen LogP contribution in [0.4, 0.5) is 15.8 Å². The number of anilines is 1. The average Bonchev–Trinajstić information content (AvgIpc) is 2.38. The first-order valence-electron chi connectivity index (χ1n) is 5.41. The Morgan fingerprint density at radius 3 is 2.39 bits per heavy atom. The molecule has 4 nitrogen and oxygen atoms in total. The largest absolute Gasteiger partial charge is 0.392 e. The van der Waals surface area contributed by atoms with Gasteiger partial charge >= 0.3 is 0 Å². The van der Waals surface area contributed by atoms with E-state index < -0.39 is 12.4 Å². The summed E-state index contributed by atoms with van der Waals surface area (Å²) in [6.07, 6.45) is 3.27. The molecule has 1 aromatic rings. The molecule has 5 heteroatoms. The quantitative estimate of drug-likeness (QED) is 0.598. The van der Waals surface area contributed by atoms with Crippen LogP contribution in [0.15, 0.2) is 42.6 Å². The number of rotatable bonds is 7. The Bertz CT molecular complexity index is 451. The summed E-state index contributed by atoms with van der Waals surface area (Å²) < 4.78 is 13.6. The molecule has 0 unspecified atom stereocenters. The molecule has 0 amide bonds. The van der Waals surface area contributed by atoms with Gasteiger partial charge in [0.2, 0.25) is 0 Å². The number of hydrogen-bond donors (Lipinski definition) is 1. The number of benzene rings is 1. The highest BCUT2D eigenvalue weighted by molar-refractivity contribution is 5.68. The van der Waals surface area contributed by atoms with E-state index >= 15 is 0 Å². The van der Waals surface area contributed by atoms with E-state index in [-0.39, 0.29) is 11.3 Å². The van der Waals surface area contributed by atoms with E-state index in [1.165, 1.54) is 12.1 Å². The zero-order valence-corrected chi connectivity index (χ0v) is 9.97. The highest BCUT2D eigenvalue weighted by Gasteiger charge is 2.14. The second-order valence-electron chi connectivity index (χ2n) is 3.66. The van der Waals surface area contributed by atoms with E-state index in [2.05, 4.69) is 18.3 Å². The first-order chi connectivity index (χ1) is 8.67. The molecule has 0 aromatic heterocycles. The Labute approximate surface area is 105 Å². The van der Waals surface area contributed by atoms with Crippen molar-refractivity contribution in [3.8, 4) is 0 Å². The molecule has 0 atom stereocenters. The van der Waals surface area contributed by atoms with Crippen molar-refractivity contribution in [3.63, 3.8) is 0 Å². The molecule has 0 radical (unpaired) electrons. The summed E-state index contributed by atoms with van der Waals surface area (Å²) in [5.41, 5.74) is 0.495. The predicted molar refractivity (Wildman–Crippen MR) is 70.4 cm³/mol. The highest BCUT2D eigenvalue weighted by atomic mass is 19.1. The van der Waals surface area contributed by atoms with Gasteiger partial charge in [0.15, 0.2) is 0 Å². The zero-order valence-electron chi connectivity index (χ0n) is 9.97. The minimum Gasteiger partial charge on any atom is -0.392 e. The van der Waals surface area contributed by atoms with Gasteiger partial charge in [-0.15, -0.1) is 18.1 Å². The van der Waals surface area contributed by atoms with Crippen LogP contribution >= 0.6 is 0 Å². The molecule has 1 N–H and O–H groups in total. The lowest BCUT2D eigenvalue weighted by molar-refractivity contribution is 0.276. The molecule has 0 saturated carbocycles. The monoisotopic (exact) mass is 250 g/mol. The SMILES string of the molecule is C=CCN(CC=C)c1cc(F)c(CO)cc1N=O. The van der Waals surface area contributed by atoms with Crippen LogP contribution in [0.1, 0.15) is 5.56 Å². The Kier molecular flexibility index (Phi) is 5.20. The zero-order chi connectivity index (χ0) is 13.5. The lowest BCUT2D eigenvalue weighted by Gasteiger charge is -2.23. The second kappa shape index (κ2) is 6.66. The smallest absolute Gasteiger partial charge is 0.131 e. The number of nitroso groups, excluding NO2 is 1. The predicted octanol–water partition coefficient (Wildman–Crippen LogP) is 2.89. The summed E-state index contributed by atoms with van der Waals surface area (Å²) >= 11 is 0. The number of nitrogens with zero attached hydrogens (tertiary/aromatic N) is 2. The molecule has 96 valence electrons. The standard InChI is InChI=1S/C13H15FN2O2/c1-3-5-16(6-4-2)13-8-11(14)10(9-17)7-12(13)15-18/h3-4,7-8,17H,1-2,5-6,9H2. The lowest BCUT2D eigenvalue weighted by Crippen LogP contribution is -2.23. The van der Waals surface area contributed by atoms with Crippen molar-refractivity contribution >= 4 is 11.4 Å². The number of aliphatic hydroxyl groups is 1. The Morgan fingerprint density at radius 1 is 1.33 bits per heavy atom. The minimum atomic E-state index is -0.571. The number of aliphatic hydroxyl groups excluding tert-OH is 1. The van der Waals surface area contributed by atoms with Gasteiger partial charge in [0.25, 0.3) is 0 Å². The molecule has 0 aliphatic heterocycles. The number of hydrogen-bond acceptors (Lipinski definition) is 4. The van der Waals surface area contributed by atoms with E-state index in [1.54, 1.807) is 17.1 Å². The van der Waals surface area contributed by atoms with Crippen LogP contribution in [-0.2, 0) is 6.61 Å². The van der Waals surface area contributed by atoms with Crippen molar-refractivity contribution in [2.45, 2.75) is 6.61 Å². The van der Waals surface area contributed by atoms with Crippen molar-refractivity contribution in [1.82, 2.24) is 0 Å². The molecule has 0 heterocycles. The third kappa shape index (κ3) is 3.01. The summed E-state index contributed by atoms with van der Waals surface area (Å²) in [5.74, 6) is -0.571.